The van der Waals surface area contributed by atoms with Gasteiger partial charge in [0.25, 0.3) is 0 Å². The quantitative estimate of drug-likeness (QED) is 0.909. The van der Waals surface area contributed by atoms with Gasteiger partial charge in [-0.05, 0) is 38.3 Å². The molecule has 94 valence electrons. The molecule has 0 saturated heterocycles. The number of fused-ring (bicyclic) bond motifs is 1. The number of halogens is 1. The molecule has 0 saturated carbocycles. The lowest BCUT2D eigenvalue weighted by Crippen LogP contribution is -2.29. The first-order valence-corrected chi connectivity index (χ1v) is 7.18. The fourth-order valence-corrected chi connectivity index (χ4v) is 2.52. The van der Waals surface area contributed by atoms with Gasteiger partial charge < -0.3 is 10.1 Å². The number of nitrogens with one attached hydrogen (secondary N) is 1. The molecule has 3 heteroatoms. The van der Waals surface area contributed by atoms with Gasteiger partial charge in [-0.15, -0.1) is 0 Å². The highest BCUT2D eigenvalue weighted by Crippen LogP contribution is 2.33. The van der Waals surface area contributed by atoms with Crippen molar-refractivity contribution < 1.29 is 4.74 Å². The Balaban J connectivity index is 2.23. The van der Waals surface area contributed by atoms with E-state index in [-0.39, 0.29) is 0 Å². The van der Waals surface area contributed by atoms with Gasteiger partial charge in [0.1, 0.15) is 5.75 Å². The van der Waals surface area contributed by atoms with E-state index in [4.69, 9.17) is 4.74 Å². The Labute approximate surface area is 112 Å². The van der Waals surface area contributed by atoms with Gasteiger partial charge in [0, 0.05) is 22.1 Å². The van der Waals surface area contributed by atoms with E-state index in [1.165, 1.54) is 5.56 Å². The van der Waals surface area contributed by atoms with Crippen molar-refractivity contribution in [1.82, 2.24) is 5.32 Å². The van der Waals surface area contributed by atoms with Gasteiger partial charge in [0.2, 0.25) is 0 Å². The van der Waals surface area contributed by atoms with Gasteiger partial charge >= 0.3 is 0 Å². The molecule has 0 aliphatic carbocycles. The summed E-state index contributed by atoms with van der Waals surface area (Å²) in [6, 6.07) is 7.32. The van der Waals surface area contributed by atoms with Crippen LogP contribution in [-0.2, 0) is 0 Å². The van der Waals surface area contributed by atoms with E-state index >= 15 is 0 Å². The first-order chi connectivity index (χ1) is 8.20. The van der Waals surface area contributed by atoms with Crippen LogP contribution in [0.5, 0.6) is 5.75 Å². The highest BCUT2D eigenvalue weighted by Gasteiger charge is 2.20. The summed E-state index contributed by atoms with van der Waals surface area (Å²) in [4.78, 5) is 0. The van der Waals surface area contributed by atoms with Crippen molar-refractivity contribution in [3.05, 3.63) is 28.2 Å². The zero-order valence-corrected chi connectivity index (χ0v) is 12.1. The van der Waals surface area contributed by atoms with E-state index in [0.717, 1.165) is 36.1 Å². The predicted molar refractivity (Wildman–Crippen MR) is 74.5 cm³/mol. The van der Waals surface area contributed by atoms with Crippen molar-refractivity contribution in [3.63, 3.8) is 0 Å². The smallest absolute Gasteiger partial charge is 0.125 e. The summed E-state index contributed by atoms with van der Waals surface area (Å²) in [5.41, 5.74) is 1.30. The van der Waals surface area contributed by atoms with E-state index < -0.39 is 0 Å². The Hall–Kier alpha value is -0.540. The molecule has 0 radical (unpaired) electrons. The molecule has 1 aliphatic rings. The molecular formula is C14H20BrNO. The summed E-state index contributed by atoms with van der Waals surface area (Å²) in [6.45, 7) is 5.28. The molecular weight excluding hydrogens is 278 g/mol. The highest BCUT2D eigenvalue weighted by molar-refractivity contribution is 9.10. The van der Waals surface area contributed by atoms with Crippen LogP contribution in [0.25, 0.3) is 0 Å². The first-order valence-electron chi connectivity index (χ1n) is 6.39. The van der Waals surface area contributed by atoms with Gasteiger partial charge in [-0.2, -0.15) is 0 Å². The topological polar surface area (TPSA) is 21.3 Å². The average molecular weight is 298 g/mol. The number of rotatable bonds is 3. The van der Waals surface area contributed by atoms with Gasteiger partial charge in [-0.1, -0.05) is 28.9 Å². The van der Waals surface area contributed by atoms with E-state index in [1.54, 1.807) is 0 Å². The minimum Gasteiger partial charge on any atom is -0.493 e. The first kappa shape index (κ1) is 12.9. The Morgan fingerprint density at radius 1 is 1.53 bits per heavy atom. The summed E-state index contributed by atoms with van der Waals surface area (Å²) in [7, 11) is 0. The summed E-state index contributed by atoms with van der Waals surface area (Å²) in [5.74, 6) is 1.03. The second-order valence-corrected chi connectivity index (χ2v) is 5.62. The van der Waals surface area contributed by atoms with Gasteiger partial charge in [-0.25, -0.2) is 0 Å². The Morgan fingerprint density at radius 2 is 2.35 bits per heavy atom. The van der Waals surface area contributed by atoms with Crippen molar-refractivity contribution in [2.45, 2.75) is 45.2 Å². The highest BCUT2D eigenvalue weighted by atomic mass is 79.9. The molecule has 2 nitrogen and oxygen atoms in total. The molecule has 0 aromatic heterocycles. The maximum Gasteiger partial charge on any atom is 0.125 e. The fourth-order valence-electron chi connectivity index (χ4n) is 2.18. The van der Waals surface area contributed by atoms with E-state index in [9.17, 15) is 0 Å². The molecule has 17 heavy (non-hydrogen) atoms. The Bertz CT molecular complexity index is 380. The Kier molecular flexibility index (Phi) is 4.46. The average Bonchev–Trinajstić information content (AvgIpc) is 2.51. The van der Waals surface area contributed by atoms with E-state index in [0.29, 0.717) is 12.1 Å². The van der Waals surface area contributed by atoms with Crippen LogP contribution < -0.4 is 10.1 Å². The lowest BCUT2D eigenvalue weighted by molar-refractivity contribution is 0.314. The lowest BCUT2D eigenvalue weighted by atomic mass is 10.0. The summed E-state index contributed by atoms with van der Waals surface area (Å²) in [6.07, 6.45) is 3.42. The summed E-state index contributed by atoms with van der Waals surface area (Å²) in [5, 5.41) is 3.69. The zero-order valence-electron chi connectivity index (χ0n) is 10.5. The molecule has 2 rings (SSSR count). The monoisotopic (exact) mass is 297 g/mol. The molecule has 1 aliphatic heterocycles. The van der Waals surface area contributed by atoms with Crippen molar-refractivity contribution in [1.29, 1.82) is 0 Å². The van der Waals surface area contributed by atoms with E-state index in [1.807, 2.05) is 0 Å². The van der Waals surface area contributed by atoms with Crippen molar-refractivity contribution in [3.8, 4) is 5.75 Å². The number of benzene rings is 1. The molecule has 0 spiro atoms. The third-order valence-electron chi connectivity index (χ3n) is 3.34. The van der Waals surface area contributed by atoms with Gasteiger partial charge in [0.15, 0.2) is 0 Å². The van der Waals surface area contributed by atoms with Gasteiger partial charge in [-0.3, -0.25) is 0 Å². The summed E-state index contributed by atoms with van der Waals surface area (Å²) < 4.78 is 6.89. The standard InChI is InChI=1S/C14H20BrNO/c1-3-10(2)16-13-5-4-8-17-14-9-11(15)6-7-12(13)14/h6-7,9-10,13,16H,3-5,8H2,1-2H3. The van der Waals surface area contributed by atoms with Crippen LogP contribution >= 0.6 is 15.9 Å². The molecule has 2 atom stereocenters. The second kappa shape index (κ2) is 5.87. The molecule has 1 aromatic carbocycles. The minimum absolute atomic E-state index is 0.426. The third kappa shape index (κ3) is 3.23. The van der Waals surface area contributed by atoms with Crippen LogP contribution in [0, 0.1) is 0 Å². The van der Waals surface area contributed by atoms with Crippen LogP contribution in [0.1, 0.15) is 44.7 Å². The van der Waals surface area contributed by atoms with Crippen LogP contribution in [0.4, 0.5) is 0 Å². The number of ether oxygens (including phenoxy) is 1. The lowest BCUT2D eigenvalue weighted by Gasteiger charge is -2.22. The Morgan fingerprint density at radius 3 is 3.12 bits per heavy atom. The molecule has 0 bridgehead atoms. The predicted octanol–water partition coefficient (Wildman–Crippen LogP) is 4.05. The maximum absolute atomic E-state index is 5.80. The van der Waals surface area contributed by atoms with Crippen molar-refractivity contribution in [2.24, 2.45) is 0 Å². The zero-order chi connectivity index (χ0) is 12.3. The molecule has 1 N–H and O–H groups in total. The van der Waals surface area contributed by atoms with Crippen LogP contribution in [0.15, 0.2) is 22.7 Å². The molecule has 0 amide bonds. The number of hydrogen-bond acceptors (Lipinski definition) is 2. The largest absolute Gasteiger partial charge is 0.493 e. The van der Waals surface area contributed by atoms with Gasteiger partial charge in [0.05, 0.1) is 6.61 Å². The molecule has 1 aromatic rings. The third-order valence-corrected chi connectivity index (χ3v) is 3.84. The molecule has 0 fully saturated rings. The number of hydrogen-bond donors (Lipinski definition) is 1. The minimum atomic E-state index is 0.426. The van der Waals surface area contributed by atoms with Crippen molar-refractivity contribution >= 4 is 15.9 Å². The molecule has 1 heterocycles. The van der Waals surface area contributed by atoms with Crippen molar-refractivity contribution in [2.75, 3.05) is 6.61 Å². The molecule has 2 unspecified atom stereocenters. The maximum atomic E-state index is 5.80. The van der Waals surface area contributed by atoms with E-state index in [2.05, 4.69) is 53.3 Å². The summed E-state index contributed by atoms with van der Waals surface area (Å²) >= 11 is 3.50. The second-order valence-electron chi connectivity index (χ2n) is 4.70. The fraction of sp³-hybridized carbons (Fsp3) is 0.571. The normalized spacial score (nSPS) is 21.2. The van der Waals surface area contributed by atoms with Crippen LogP contribution in [0.2, 0.25) is 0 Å². The van der Waals surface area contributed by atoms with Crippen LogP contribution in [-0.4, -0.2) is 12.6 Å². The van der Waals surface area contributed by atoms with Crippen LogP contribution in [0.3, 0.4) is 0 Å². The SMILES string of the molecule is CCC(C)NC1CCCOc2cc(Br)ccc21.